The molecule has 0 aromatic heterocycles. The second-order valence-electron chi connectivity index (χ2n) is 17.5. The van der Waals surface area contributed by atoms with Crippen molar-refractivity contribution in [3.63, 3.8) is 0 Å². The highest BCUT2D eigenvalue weighted by atomic mass is 16.3. The molecule has 6 nitrogen and oxygen atoms in total. The third-order valence-electron chi connectivity index (χ3n) is 12.1. The molecule has 5 N–H and O–H groups in total. The van der Waals surface area contributed by atoms with E-state index in [2.05, 4.69) is 19.2 Å². The van der Waals surface area contributed by atoms with Gasteiger partial charge in [-0.1, -0.05) is 264 Å². The maximum Gasteiger partial charge on any atom is 0.249 e. The van der Waals surface area contributed by atoms with Crippen molar-refractivity contribution < 1.29 is 25.2 Å². The Bertz CT molecular complexity index is 751. The van der Waals surface area contributed by atoms with E-state index in [1.54, 1.807) is 0 Å². The lowest BCUT2D eigenvalue weighted by atomic mass is 9.99. The molecule has 0 rings (SSSR count). The van der Waals surface area contributed by atoms with Crippen LogP contribution in [0.25, 0.3) is 0 Å². The number of aliphatic hydroxyl groups excluding tert-OH is 4. The average Bonchev–Trinajstić information content (AvgIpc) is 3.19. The van der Waals surface area contributed by atoms with Crippen molar-refractivity contribution in [2.24, 2.45) is 0 Å². The molecule has 0 spiro atoms. The number of hydrogen-bond donors (Lipinski definition) is 5. The lowest BCUT2D eigenvalue weighted by Gasteiger charge is -2.27. The molecule has 0 saturated heterocycles. The van der Waals surface area contributed by atoms with Crippen LogP contribution in [0, 0.1) is 0 Å². The van der Waals surface area contributed by atoms with Gasteiger partial charge in [0, 0.05) is 0 Å². The lowest BCUT2D eigenvalue weighted by Crippen LogP contribution is -2.53. The van der Waals surface area contributed by atoms with Gasteiger partial charge >= 0.3 is 0 Å². The van der Waals surface area contributed by atoms with Crippen molar-refractivity contribution >= 4 is 5.91 Å². The fraction of sp³-hybridized carbons (Fsp3) is 0.980. The molecular weight excluding hydrogens is 683 g/mol. The number of carbonyl (C=O) groups excluding carboxylic acids is 1. The third-order valence-corrected chi connectivity index (χ3v) is 12.1. The highest BCUT2D eigenvalue weighted by molar-refractivity contribution is 5.80. The van der Waals surface area contributed by atoms with Crippen LogP contribution < -0.4 is 5.32 Å². The second-order valence-corrected chi connectivity index (χ2v) is 17.5. The van der Waals surface area contributed by atoms with Gasteiger partial charge in [0.2, 0.25) is 5.91 Å². The molecule has 0 aromatic carbocycles. The summed E-state index contributed by atoms with van der Waals surface area (Å²) in [6, 6.07) is -0.978. The van der Waals surface area contributed by atoms with Crippen molar-refractivity contribution in [2.45, 2.75) is 301 Å². The van der Waals surface area contributed by atoms with E-state index in [0.29, 0.717) is 12.8 Å². The zero-order valence-corrected chi connectivity index (χ0v) is 37.2. The summed E-state index contributed by atoms with van der Waals surface area (Å²) in [5.41, 5.74) is 0. The first-order valence-corrected chi connectivity index (χ1v) is 24.9. The molecule has 0 heterocycles. The first kappa shape index (κ1) is 54.3. The van der Waals surface area contributed by atoms with Gasteiger partial charge in [-0.2, -0.15) is 0 Å². The van der Waals surface area contributed by atoms with Gasteiger partial charge in [0.15, 0.2) is 0 Å². The predicted octanol–water partition coefficient (Wildman–Crippen LogP) is 13.6. The van der Waals surface area contributed by atoms with Crippen molar-refractivity contribution in [3.8, 4) is 0 Å². The molecule has 0 fully saturated rings. The number of unbranched alkanes of at least 4 members (excludes halogenated alkanes) is 37. The maximum absolute atomic E-state index is 12.5. The number of nitrogens with one attached hydrogen (secondary N) is 1. The van der Waals surface area contributed by atoms with Crippen LogP contribution in [-0.2, 0) is 4.79 Å². The highest BCUT2D eigenvalue weighted by Gasteiger charge is 2.28. The van der Waals surface area contributed by atoms with Crippen LogP contribution in [0.3, 0.4) is 0 Å². The fourth-order valence-corrected chi connectivity index (χ4v) is 8.11. The molecule has 0 aliphatic heterocycles. The lowest BCUT2D eigenvalue weighted by molar-refractivity contribution is -0.132. The molecule has 330 valence electrons. The van der Waals surface area contributed by atoms with Crippen LogP contribution in [0.1, 0.15) is 277 Å². The van der Waals surface area contributed by atoms with Crippen LogP contribution in [0.15, 0.2) is 0 Å². The molecule has 0 aliphatic carbocycles. The topological polar surface area (TPSA) is 110 Å². The minimum atomic E-state index is -1.25. The third kappa shape index (κ3) is 38.6. The summed E-state index contributed by atoms with van der Waals surface area (Å²) < 4.78 is 0. The molecule has 0 aromatic rings. The quantitative estimate of drug-likeness (QED) is 0.0395. The van der Waals surface area contributed by atoms with E-state index < -0.39 is 36.9 Å². The van der Waals surface area contributed by atoms with Gasteiger partial charge < -0.3 is 25.7 Å². The summed E-state index contributed by atoms with van der Waals surface area (Å²) in [6.45, 7) is 4.07. The number of aliphatic hydroxyl groups is 4. The van der Waals surface area contributed by atoms with Crippen LogP contribution >= 0.6 is 0 Å². The van der Waals surface area contributed by atoms with E-state index in [1.165, 1.54) is 212 Å². The molecule has 6 heteroatoms. The van der Waals surface area contributed by atoms with E-state index in [9.17, 15) is 25.2 Å². The number of rotatable bonds is 46. The monoisotopic (exact) mass is 782 g/mol. The van der Waals surface area contributed by atoms with Crippen molar-refractivity contribution in [2.75, 3.05) is 6.61 Å². The Balaban J connectivity index is 3.56. The Labute approximate surface area is 343 Å². The molecule has 4 atom stereocenters. The van der Waals surface area contributed by atoms with E-state index in [1.807, 2.05) is 0 Å². The molecule has 4 unspecified atom stereocenters. The Morgan fingerprint density at radius 2 is 0.618 bits per heavy atom. The van der Waals surface area contributed by atoms with Gasteiger partial charge in [-0.3, -0.25) is 4.79 Å². The Hall–Kier alpha value is -0.690. The largest absolute Gasteiger partial charge is 0.394 e. The van der Waals surface area contributed by atoms with Gasteiger partial charge in [0.25, 0.3) is 0 Å². The summed E-state index contributed by atoms with van der Waals surface area (Å²) in [6.07, 6.45) is 48.7. The minimum Gasteiger partial charge on any atom is -0.394 e. The minimum absolute atomic E-state index is 0.376. The smallest absolute Gasteiger partial charge is 0.249 e. The molecule has 1 amide bonds. The Kier molecular flexibility index (Phi) is 43.9. The first-order chi connectivity index (χ1) is 27.0. The number of carbonyl (C=O) groups is 1. The van der Waals surface area contributed by atoms with E-state index >= 15 is 0 Å². The summed E-state index contributed by atoms with van der Waals surface area (Å²) in [5.74, 6) is -0.578. The zero-order chi connectivity index (χ0) is 40.3. The average molecular weight is 782 g/mol. The summed E-state index contributed by atoms with van der Waals surface area (Å²) in [5, 5.41) is 43.7. The zero-order valence-electron chi connectivity index (χ0n) is 37.2. The first-order valence-electron chi connectivity index (χ1n) is 24.9. The number of amides is 1. The maximum atomic E-state index is 12.5. The highest BCUT2D eigenvalue weighted by Crippen LogP contribution is 2.18. The Morgan fingerprint density at radius 3 is 0.873 bits per heavy atom. The van der Waals surface area contributed by atoms with E-state index in [0.717, 1.165) is 38.5 Å². The van der Waals surface area contributed by atoms with Crippen LogP contribution in [0.2, 0.25) is 0 Å². The van der Waals surface area contributed by atoms with Gasteiger partial charge in [-0.05, 0) is 12.8 Å². The van der Waals surface area contributed by atoms with Crippen LogP contribution in [-0.4, -0.2) is 57.3 Å². The summed E-state index contributed by atoms with van der Waals surface area (Å²) >= 11 is 0. The van der Waals surface area contributed by atoms with Crippen molar-refractivity contribution in [1.29, 1.82) is 0 Å². The van der Waals surface area contributed by atoms with Crippen LogP contribution in [0.5, 0.6) is 0 Å². The van der Waals surface area contributed by atoms with Crippen molar-refractivity contribution in [1.82, 2.24) is 5.32 Å². The van der Waals surface area contributed by atoms with E-state index in [4.69, 9.17) is 0 Å². The van der Waals surface area contributed by atoms with Crippen LogP contribution in [0.4, 0.5) is 0 Å². The Morgan fingerprint density at radius 1 is 0.382 bits per heavy atom. The number of hydrogen-bond acceptors (Lipinski definition) is 5. The second kappa shape index (κ2) is 44.4. The molecule has 0 radical (unpaired) electrons. The summed E-state index contributed by atoms with van der Waals surface area (Å²) in [4.78, 5) is 12.5. The summed E-state index contributed by atoms with van der Waals surface area (Å²) in [7, 11) is 0. The molecule has 0 aliphatic rings. The van der Waals surface area contributed by atoms with E-state index in [-0.39, 0.29) is 0 Å². The standard InChI is InChI=1S/C49H99NO5/c1-3-5-7-9-11-13-15-17-18-19-20-21-22-23-24-25-26-27-28-29-30-31-33-35-37-39-41-43-47(53)49(55)50-45(44-51)48(54)46(52)42-40-38-36-34-32-16-14-12-10-8-6-4-2/h45-48,51-54H,3-44H2,1-2H3,(H,50,55). The fourth-order valence-electron chi connectivity index (χ4n) is 8.11. The van der Waals surface area contributed by atoms with Crippen molar-refractivity contribution in [3.05, 3.63) is 0 Å². The predicted molar refractivity (Wildman–Crippen MR) is 238 cm³/mol. The molecule has 55 heavy (non-hydrogen) atoms. The SMILES string of the molecule is CCCCCCCCCCCCCCCCCCCCCCCCCCCCCC(O)C(=O)NC(CO)C(O)C(O)CCCCCCCCCCCCCC. The van der Waals surface area contributed by atoms with Gasteiger partial charge in [0.05, 0.1) is 18.8 Å². The van der Waals surface area contributed by atoms with Gasteiger partial charge in [0.1, 0.15) is 12.2 Å². The molecule has 0 bridgehead atoms. The van der Waals surface area contributed by atoms with Gasteiger partial charge in [-0.25, -0.2) is 0 Å². The molecule has 0 saturated carbocycles. The van der Waals surface area contributed by atoms with Gasteiger partial charge in [-0.15, -0.1) is 0 Å². The molecular formula is C49H99NO5. The normalized spacial score (nSPS) is 13.9.